The molecule has 0 aliphatic carbocycles. The first-order chi connectivity index (χ1) is 22.2. The van der Waals surface area contributed by atoms with Gasteiger partial charge in [-0.25, -0.2) is 0 Å². The van der Waals surface area contributed by atoms with E-state index in [1.165, 1.54) is 4.90 Å². The molecule has 1 heterocycles. The summed E-state index contributed by atoms with van der Waals surface area (Å²) in [6, 6.07) is 25.4. The van der Waals surface area contributed by atoms with Crippen molar-refractivity contribution in [3.8, 4) is 0 Å². The van der Waals surface area contributed by atoms with Crippen LogP contribution in [0, 0.1) is 0 Å². The van der Waals surface area contributed by atoms with Gasteiger partial charge in [-0.3, -0.25) is 19.2 Å². The van der Waals surface area contributed by atoms with Crippen LogP contribution in [0.5, 0.6) is 0 Å². The summed E-state index contributed by atoms with van der Waals surface area (Å²) in [6.07, 6.45) is 0.920. The SMILES string of the molecule is CC1CCN(C(Cc2cccc3ccccc23)C(N)=O)C(=O)C(c2cccc(Cl)c2)N1C(=O)Cc1ccc(NC(=O)CCN)cc1. The number of amides is 4. The quantitative estimate of drug-likeness (QED) is 0.233. The predicted octanol–water partition coefficient (Wildman–Crippen LogP) is 4.61. The molecule has 9 nitrogen and oxygen atoms in total. The summed E-state index contributed by atoms with van der Waals surface area (Å²) >= 11 is 6.39. The highest BCUT2D eigenvalue weighted by Gasteiger charge is 2.43. The number of hydrogen-bond acceptors (Lipinski definition) is 5. The van der Waals surface area contributed by atoms with E-state index in [0.717, 1.165) is 21.9 Å². The number of hydrogen-bond donors (Lipinski definition) is 3. The number of rotatable bonds is 10. The second kappa shape index (κ2) is 14.6. The van der Waals surface area contributed by atoms with E-state index in [-0.39, 0.29) is 56.1 Å². The Bertz CT molecular complexity index is 1740. The van der Waals surface area contributed by atoms with E-state index >= 15 is 0 Å². The molecule has 10 heteroatoms. The first-order valence-corrected chi connectivity index (χ1v) is 15.8. The molecule has 1 fully saturated rings. The maximum absolute atomic E-state index is 14.6. The fourth-order valence-electron chi connectivity index (χ4n) is 6.15. The average Bonchev–Trinajstić information content (AvgIpc) is 3.16. The van der Waals surface area contributed by atoms with Gasteiger partial charge in [0, 0.05) is 42.7 Å². The highest BCUT2D eigenvalue weighted by molar-refractivity contribution is 6.30. The van der Waals surface area contributed by atoms with Crippen LogP contribution in [-0.4, -0.2) is 58.6 Å². The highest BCUT2D eigenvalue weighted by Crippen LogP contribution is 2.33. The molecule has 238 valence electrons. The Hall–Kier alpha value is -4.73. The third-order valence-corrected chi connectivity index (χ3v) is 8.71. The van der Waals surface area contributed by atoms with Crippen molar-refractivity contribution in [3.63, 3.8) is 0 Å². The number of carbonyl (C=O) groups excluding carboxylic acids is 4. The fraction of sp³-hybridized carbons (Fsp3) is 0.278. The van der Waals surface area contributed by atoms with Crippen molar-refractivity contribution in [1.29, 1.82) is 0 Å². The lowest BCUT2D eigenvalue weighted by Gasteiger charge is -2.36. The summed E-state index contributed by atoms with van der Waals surface area (Å²) in [5, 5.41) is 5.22. The number of nitrogens with zero attached hydrogens (tertiary/aromatic N) is 2. The number of nitrogens with one attached hydrogen (secondary N) is 1. The van der Waals surface area contributed by atoms with Gasteiger partial charge in [0.15, 0.2) is 0 Å². The van der Waals surface area contributed by atoms with Crippen LogP contribution in [-0.2, 0) is 32.0 Å². The molecule has 0 radical (unpaired) electrons. The monoisotopic (exact) mass is 639 g/mol. The minimum absolute atomic E-state index is 0.0287. The van der Waals surface area contributed by atoms with Gasteiger partial charge < -0.3 is 26.6 Å². The Labute approximate surface area is 273 Å². The Morgan fingerprint density at radius 3 is 2.41 bits per heavy atom. The van der Waals surface area contributed by atoms with Gasteiger partial charge in [-0.15, -0.1) is 0 Å². The molecule has 4 amide bonds. The molecule has 0 bridgehead atoms. The van der Waals surface area contributed by atoms with Gasteiger partial charge in [0.1, 0.15) is 12.1 Å². The van der Waals surface area contributed by atoms with E-state index in [0.29, 0.717) is 22.7 Å². The summed E-state index contributed by atoms with van der Waals surface area (Å²) in [5.41, 5.74) is 14.2. The zero-order valence-electron chi connectivity index (χ0n) is 25.7. The zero-order valence-corrected chi connectivity index (χ0v) is 26.5. The molecule has 4 aromatic rings. The van der Waals surface area contributed by atoms with Crippen LogP contribution in [0.25, 0.3) is 10.8 Å². The number of halogens is 1. The second-order valence-corrected chi connectivity index (χ2v) is 12.1. The maximum atomic E-state index is 14.6. The van der Waals surface area contributed by atoms with Gasteiger partial charge in [0.25, 0.3) is 5.91 Å². The van der Waals surface area contributed by atoms with Crippen molar-refractivity contribution < 1.29 is 19.2 Å². The van der Waals surface area contributed by atoms with Gasteiger partial charge in [-0.05, 0) is 65.1 Å². The van der Waals surface area contributed by atoms with Crippen molar-refractivity contribution in [2.24, 2.45) is 11.5 Å². The Balaban J connectivity index is 1.46. The largest absolute Gasteiger partial charge is 0.368 e. The van der Waals surface area contributed by atoms with E-state index in [1.807, 2.05) is 49.4 Å². The predicted molar refractivity (Wildman–Crippen MR) is 180 cm³/mol. The number of benzene rings is 4. The molecule has 0 saturated carbocycles. The summed E-state index contributed by atoms with van der Waals surface area (Å²) < 4.78 is 0. The molecule has 5 N–H and O–H groups in total. The van der Waals surface area contributed by atoms with Crippen LogP contribution in [0.2, 0.25) is 5.02 Å². The van der Waals surface area contributed by atoms with Crippen LogP contribution < -0.4 is 16.8 Å². The van der Waals surface area contributed by atoms with Crippen LogP contribution in [0.4, 0.5) is 5.69 Å². The van der Waals surface area contributed by atoms with Gasteiger partial charge in [-0.2, -0.15) is 0 Å². The van der Waals surface area contributed by atoms with Crippen LogP contribution in [0.15, 0.2) is 91.0 Å². The second-order valence-electron chi connectivity index (χ2n) is 11.6. The van der Waals surface area contributed by atoms with Crippen LogP contribution >= 0.6 is 11.6 Å². The molecular formula is C36H38ClN5O4. The summed E-state index contributed by atoms with van der Waals surface area (Å²) in [6.45, 7) is 2.41. The molecule has 3 atom stereocenters. The molecule has 5 rings (SSSR count). The molecule has 1 aliphatic rings. The summed E-state index contributed by atoms with van der Waals surface area (Å²) in [4.78, 5) is 56.8. The minimum Gasteiger partial charge on any atom is -0.368 e. The molecule has 3 unspecified atom stereocenters. The lowest BCUT2D eigenvalue weighted by Crippen LogP contribution is -2.52. The Kier molecular flexibility index (Phi) is 10.3. The van der Waals surface area contributed by atoms with Gasteiger partial charge in [0.05, 0.1) is 6.42 Å². The van der Waals surface area contributed by atoms with Gasteiger partial charge >= 0.3 is 0 Å². The Morgan fingerprint density at radius 2 is 1.70 bits per heavy atom. The normalized spacial score (nSPS) is 17.4. The minimum atomic E-state index is -1.02. The lowest BCUT2D eigenvalue weighted by molar-refractivity contribution is -0.148. The maximum Gasteiger partial charge on any atom is 0.250 e. The van der Waals surface area contributed by atoms with E-state index in [9.17, 15) is 19.2 Å². The standard InChI is InChI=1S/C36H38ClN5O4/c1-23-17-19-41(31(35(39)45)22-26-8-4-7-25-6-2-3-11-30(25)26)36(46)34(27-9-5-10-28(37)21-27)42(23)33(44)20-24-12-14-29(15-13-24)40-32(43)16-18-38/h2-15,21,23,31,34H,16-20,22,38H2,1H3,(H2,39,45)(H,40,43). The molecule has 4 aromatic carbocycles. The van der Waals surface area contributed by atoms with Crippen molar-refractivity contribution in [3.05, 3.63) is 113 Å². The zero-order chi connectivity index (χ0) is 32.8. The number of primary amides is 1. The first kappa shape index (κ1) is 32.7. The van der Waals surface area contributed by atoms with Crippen LogP contribution in [0.3, 0.4) is 0 Å². The first-order valence-electron chi connectivity index (χ1n) is 15.4. The number of anilines is 1. The van der Waals surface area contributed by atoms with E-state index < -0.39 is 18.0 Å². The summed E-state index contributed by atoms with van der Waals surface area (Å²) in [5.74, 6) is -1.44. The third-order valence-electron chi connectivity index (χ3n) is 8.47. The molecule has 0 spiro atoms. The molecule has 1 saturated heterocycles. The topological polar surface area (TPSA) is 139 Å². The van der Waals surface area contributed by atoms with Gasteiger partial charge in [-0.1, -0.05) is 78.3 Å². The summed E-state index contributed by atoms with van der Waals surface area (Å²) in [7, 11) is 0. The lowest BCUT2D eigenvalue weighted by atomic mass is 9.96. The van der Waals surface area contributed by atoms with Crippen molar-refractivity contribution in [2.75, 3.05) is 18.4 Å². The third kappa shape index (κ3) is 7.38. The van der Waals surface area contributed by atoms with Crippen molar-refractivity contribution in [2.45, 2.75) is 50.7 Å². The molecule has 1 aliphatic heterocycles. The van der Waals surface area contributed by atoms with Gasteiger partial charge in [0.2, 0.25) is 17.7 Å². The number of nitrogens with two attached hydrogens (primary N) is 2. The van der Waals surface area contributed by atoms with Crippen molar-refractivity contribution in [1.82, 2.24) is 9.80 Å². The average molecular weight is 640 g/mol. The molecule has 0 aromatic heterocycles. The highest BCUT2D eigenvalue weighted by atomic mass is 35.5. The fourth-order valence-corrected chi connectivity index (χ4v) is 6.35. The number of fused-ring (bicyclic) bond motifs is 1. The number of carbonyl (C=O) groups is 4. The van der Waals surface area contributed by atoms with E-state index in [1.54, 1.807) is 53.4 Å². The Morgan fingerprint density at radius 1 is 0.978 bits per heavy atom. The molecule has 46 heavy (non-hydrogen) atoms. The van der Waals surface area contributed by atoms with Crippen molar-refractivity contribution >= 4 is 51.7 Å². The van der Waals surface area contributed by atoms with Crippen LogP contribution in [0.1, 0.15) is 42.5 Å². The molecular weight excluding hydrogens is 602 g/mol. The van der Waals surface area contributed by atoms with E-state index in [2.05, 4.69) is 5.32 Å². The van der Waals surface area contributed by atoms with E-state index in [4.69, 9.17) is 23.1 Å². The smallest absolute Gasteiger partial charge is 0.250 e.